The predicted octanol–water partition coefficient (Wildman–Crippen LogP) is -9.32. The molecule has 0 spiro atoms. The minimum Gasteiger partial charge on any atom is -0.504 e. The van der Waals surface area contributed by atoms with Crippen LogP contribution in [-0.4, -0.2) is 274 Å². The number of aldehydes is 1. The molecule has 0 aromatic heterocycles. The van der Waals surface area contributed by atoms with Crippen LogP contribution in [0.2, 0.25) is 0 Å². The monoisotopic (exact) mass is 1700 g/mol. The van der Waals surface area contributed by atoms with Crippen LogP contribution >= 0.6 is 25.3 Å². The quantitative estimate of drug-likeness (QED) is 0.00730. The summed E-state index contributed by atoms with van der Waals surface area (Å²) in [7, 11) is 0. The van der Waals surface area contributed by atoms with Gasteiger partial charge in [0, 0.05) is 44.0 Å². The van der Waals surface area contributed by atoms with Crippen molar-refractivity contribution in [2.45, 2.75) is 184 Å². The van der Waals surface area contributed by atoms with Crippen molar-refractivity contribution in [2.24, 2.45) is 34.8 Å². The smallest absolute Gasteiger partial charge is 0.305 e. The Bertz CT molecular complexity index is 3780. The standard InChI is InChI=1S/C71H114N24O21S2/c1-6-35(3)55(94-60(108)42(17-12-22-80-70(75)76)86-53(102)29-82-52(101)28-83-59(107)44(25-39-19-20-50(99)51(100)26-39)88-57(105)37(5)84-65(113)48(33-117)92-64(112)47(32-98)91-58(106)41(72)31-97)67(115)90-46(27-54(103)104)63(111)87-43(18-13-23-81-71(77)78)61(109)95-56(36(4)7-2)68(116)93-49(34-118)66(114)89-45(24-38-14-9-8-10-15-38)62(110)85-40(30-96)16-11-21-79-69(73)74/h8-10,14-15,19-20,26,30,35-37,40-49,55-56,97-100,117-118H,6-7,11-13,16-18,21-25,27-29,31-34,72H2,1-5H3,(H,82,101)(H,83,107)(H,84,113)(H,85,110)(H,86,102)(H,87,111)(H,88,105)(H,89,114)(H,90,115)(H,91,106)(H,92,112)(H,93,116)(H,94,108)(H,95,109)(H,103,104)(H4,73,74,79)(H4,75,76,80)(H4,77,78,81)/t35-,36-,37+,40-,41-,42-,43-,44-,45-,46-,47-,48-,49-,55-,56-/m0/s1. The average Bonchev–Trinajstić information content (AvgIpc) is 0.851. The van der Waals surface area contributed by atoms with Crippen LogP contribution in [0.1, 0.15) is 104 Å². The van der Waals surface area contributed by atoms with Gasteiger partial charge in [0.2, 0.25) is 82.7 Å². The topological polar surface area (TPSA) is 754 Å². The molecular formula is C71H114N24O21S2. The first-order valence-corrected chi connectivity index (χ1v) is 38.9. The van der Waals surface area contributed by atoms with Crippen LogP contribution in [-0.2, 0) is 89.6 Å². The molecule has 0 aliphatic heterocycles. The largest absolute Gasteiger partial charge is 0.504 e. The van der Waals surface area contributed by atoms with E-state index in [-0.39, 0.29) is 94.0 Å². The number of nitrogens with one attached hydrogen (secondary N) is 20. The minimum atomic E-state index is -2.00. The molecule has 45 nitrogen and oxygen atoms in total. The number of aliphatic hydroxyl groups excluding tert-OH is 2. The van der Waals surface area contributed by atoms with E-state index >= 15 is 0 Å². The molecular weight excluding hydrogens is 1590 g/mol. The number of rotatable bonds is 55. The number of carboxylic acids is 1. The van der Waals surface area contributed by atoms with E-state index in [0.29, 0.717) is 18.3 Å². The summed E-state index contributed by atoms with van der Waals surface area (Å²) in [5, 5.41) is 113. The summed E-state index contributed by atoms with van der Waals surface area (Å²) in [4.78, 5) is 217. The maximum absolute atomic E-state index is 14.5. The lowest BCUT2D eigenvalue weighted by Crippen LogP contribution is -2.62. The van der Waals surface area contributed by atoms with Crippen LogP contribution in [0.4, 0.5) is 0 Å². The highest BCUT2D eigenvalue weighted by molar-refractivity contribution is 7.80. The second kappa shape index (κ2) is 54.1. The maximum atomic E-state index is 14.5. The van der Waals surface area contributed by atoms with Crippen LogP contribution in [0.15, 0.2) is 48.5 Å². The third kappa shape index (κ3) is 38.3. The van der Waals surface area contributed by atoms with Crippen LogP contribution in [0, 0.1) is 28.1 Å². The van der Waals surface area contributed by atoms with E-state index in [4.69, 9.17) is 44.3 Å². The molecule has 0 fully saturated rings. The number of guanidine groups is 3. The average molecular weight is 1700 g/mol. The zero-order valence-corrected chi connectivity index (χ0v) is 67.8. The molecule has 0 aliphatic rings. The third-order valence-electron chi connectivity index (χ3n) is 18.0. The number of hydrogen-bond acceptors (Lipinski definition) is 26. The van der Waals surface area contributed by atoms with Gasteiger partial charge in [0.05, 0.1) is 38.8 Å². The van der Waals surface area contributed by atoms with Crippen LogP contribution in [0.3, 0.4) is 0 Å². The number of hydrogen-bond donors (Lipinski definition) is 31. The first-order valence-electron chi connectivity index (χ1n) is 37.6. The van der Waals surface area contributed by atoms with Crippen molar-refractivity contribution in [3.05, 3.63) is 59.7 Å². The van der Waals surface area contributed by atoms with Gasteiger partial charge in [-0.25, -0.2) is 0 Å². The van der Waals surface area contributed by atoms with E-state index in [0.717, 1.165) is 12.1 Å². The molecule has 2 aromatic rings. The van der Waals surface area contributed by atoms with Gasteiger partial charge in [0.15, 0.2) is 29.4 Å². The van der Waals surface area contributed by atoms with Crippen molar-refractivity contribution in [2.75, 3.05) is 57.4 Å². The SMILES string of the molecule is CC[C@H](C)[C@H](NC(=O)[C@H](CCCNC(=N)N)NC(=O)CNC(=O)CNC(=O)[C@H](Cc1ccc(O)c(O)c1)NC(=O)[C@@H](C)NC(=O)[C@H](CS)NC(=O)[C@H](CO)NC(=O)[C@@H](N)CO)C(=O)N[C@@H](CC(=O)O)C(=O)N[C@@H](CCCNC(=N)N)C(=O)N[C@H](C(=O)N[C@@H](CS)C(=O)N[C@@H](Cc1ccccc1)C(=O)N[C@H](C=O)CCCNC(=N)N)[C@@H](C)CC. The Morgan fingerprint density at radius 3 is 1.33 bits per heavy atom. The zero-order valence-electron chi connectivity index (χ0n) is 66.0. The molecule has 0 bridgehead atoms. The Balaban J connectivity index is 2.40. The molecule has 118 heavy (non-hydrogen) atoms. The maximum Gasteiger partial charge on any atom is 0.305 e. The Labute approximate surface area is 691 Å². The minimum absolute atomic E-state index is 0.0136. The van der Waals surface area contributed by atoms with Crippen molar-refractivity contribution in [1.82, 2.24) is 90.4 Å². The number of amides is 14. The normalized spacial score (nSPS) is 14.7. The van der Waals surface area contributed by atoms with Crippen molar-refractivity contribution in [3.63, 3.8) is 0 Å². The molecule has 656 valence electrons. The highest BCUT2D eigenvalue weighted by Crippen LogP contribution is 2.26. The summed E-state index contributed by atoms with van der Waals surface area (Å²) in [5.41, 5.74) is 22.5. The summed E-state index contributed by atoms with van der Waals surface area (Å²) in [5.74, 6) is -20.5. The van der Waals surface area contributed by atoms with E-state index in [1.165, 1.54) is 19.9 Å². The summed E-state index contributed by atoms with van der Waals surface area (Å²) >= 11 is 8.38. The summed E-state index contributed by atoms with van der Waals surface area (Å²) < 4.78 is 0. The van der Waals surface area contributed by atoms with Gasteiger partial charge in [-0.2, -0.15) is 25.3 Å². The number of aliphatic hydroxyl groups is 2. The summed E-state index contributed by atoms with van der Waals surface area (Å²) in [6.07, 6.45) is -0.790. The number of carbonyl (C=O) groups excluding carboxylic acids is 15. The lowest BCUT2D eigenvalue weighted by atomic mass is 9.96. The number of phenols is 2. The molecule has 0 radical (unpaired) electrons. The number of carboxylic acid groups (broad SMARTS) is 1. The Morgan fingerprint density at radius 2 is 0.847 bits per heavy atom. The van der Waals surface area contributed by atoms with Crippen molar-refractivity contribution < 1.29 is 102 Å². The molecule has 0 saturated carbocycles. The van der Waals surface area contributed by atoms with Gasteiger partial charge in [0.1, 0.15) is 78.8 Å². The second-order valence-corrected chi connectivity index (χ2v) is 28.1. The van der Waals surface area contributed by atoms with E-state index in [1.807, 2.05) is 0 Å². The van der Waals surface area contributed by atoms with Gasteiger partial charge in [-0.3, -0.25) is 88.1 Å². The number of nitrogens with two attached hydrogens (primary N) is 4. The highest BCUT2D eigenvalue weighted by atomic mass is 32.1. The second-order valence-electron chi connectivity index (χ2n) is 27.4. The zero-order chi connectivity index (χ0) is 88.9. The number of aliphatic carboxylic acids is 1. The first kappa shape index (κ1) is 102. The van der Waals surface area contributed by atoms with Gasteiger partial charge in [-0.1, -0.05) is 76.9 Å². The highest BCUT2D eigenvalue weighted by Gasteiger charge is 2.38. The molecule has 15 atom stereocenters. The van der Waals surface area contributed by atoms with Crippen molar-refractivity contribution >= 4 is 138 Å². The number of aromatic hydroxyl groups is 2. The lowest BCUT2D eigenvalue weighted by Gasteiger charge is -2.30. The van der Waals surface area contributed by atoms with Crippen molar-refractivity contribution in [1.29, 1.82) is 16.2 Å². The molecule has 47 heteroatoms. The van der Waals surface area contributed by atoms with E-state index < -0.39 is 242 Å². The number of carbonyl (C=O) groups is 16. The fourth-order valence-electron chi connectivity index (χ4n) is 10.8. The Hall–Kier alpha value is -11.9. The number of benzene rings is 2. The molecule has 33 N–H and O–H groups in total. The summed E-state index contributed by atoms with van der Waals surface area (Å²) in [6.45, 7) is 4.22. The molecule has 0 saturated heterocycles. The molecule has 2 rings (SSSR count). The molecule has 14 amide bonds. The van der Waals surface area contributed by atoms with Crippen LogP contribution in [0.25, 0.3) is 0 Å². The van der Waals surface area contributed by atoms with Gasteiger partial charge in [-0.15, -0.1) is 0 Å². The van der Waals surface area contributed by atoms with Gasteiger partial charge in [0.25, 0.3) is 0 Å². The van der Waals surface area contributed by atoms with E-state index in [2.05, 4.69) is 116 Å². The summed E-state index contributed by atoms with van der Waals surface area (Å²) in [6, 6.07) is -7.78. The van der Waals surface area contributed by atoms with Crippen LogP contribution < -0.4 is 113 Å². The van der Waals surface area contributed by atoms with Crippen LogP contribution in [0.5, 0.6) is 11.5 Å². The van der Waals surface area contributed by atoms with Crippen molar-refractivity contribution in [3.8, 4) is 11.5 Å². The fraction of sp³-hybridized carbons (Fsp3) is 0.563. The fourth-order valence-corrected chi connectivity index (χ4v) is 11.3. The van der Waals surface area contributed by atoms with E-state index in [1.54, 1.807) is 51.1 Å². The first-order chi connectivity index (χ1) is 55.8. The predicted molar refractivity (Wildman–Crippen MR) is 433 cm³/mol. The Kier molecular flexibility index (Phi) is 46.9. The number of phenolic OH excluding ortho intramolecular Hbond substituents is 2. The molecule has 0 heterocycles. The van der Waals surface area contributed by atoms with Gasteiger partial charge >= 0.3 is 5.97 Å². The lowest BCUT2D eigenvalue weighted by molar-refractivity contribution is -0.142. The molecule has 0 unspecified atom stereocenters. The third-order valence-corrected chi connectivity index (χ3v) is 18.7. The Morgan fingerprint density at radius 1 is 0.432 bits per heavy atom. The van der Waals surface area contributed by atoms with Gasteiger partial charge < -0.3 is 144 Å². The number of thiol groups is 2. The van der Waals surface area contributed by atoms with E-state index in [9.17, 15) is 97.1 Å². The molecule has 0 aliphatic carbocycles. The van der Waals surface area contributed by atoms with Gasteiger partial charge in [-0.05, 0) is 80.5 Å². The molecule has 2 aromatic carbocycles.